The maximum Gasteiger partial charge on any atom is 0.162 e. The van der Waals surface area contributed by atoms with Gasteiger partial charge in [-0.2, -0.15) is 0 Å². The molecule has 2 aliphatic rings. The molecule has 0 unspecified atom stereocenters. The summed E-state index contributed by atoms with van der Waals surface area (Å²) in [6.45, 7) is 6.91. The standard InChI is InChI=1S/C17H24ClNO2/c1-17(2,6-7-19-12-4-5-12)13-10-15-16(11-14(13)18)21-9-3-8-20-15/h10-12,19H,3-9H2,1-2H3. The predicted molar refractivity (Wildman–Crippen MR) is 85.7 cm³/mol. The fraction of sp³-hybridized carbons (Fsp3) is 0.647. The molecule has 1 N–H and O–H groups in total. The number of ether oxygens (including phenoxy) is 2. The van der Waals surface area contributed by atoms with E-state index in [0.29, 0.717) is 13.2 Å². The lowest BCUT2D eigenvalue weighted by molar-refractivity contribution is 0.296. The fourth-order valence-corrected chi connectivity index (χ4v) is 3.12. The van der Waals surface area contributed by atoms with Gasteiger partial charge in [-0.25, -0.2) is 0 Å². The van der Waals surface area contributed by atoms with Gasteiger partial charge in [-0.3, -0.25) is 0 Å². The molecule has 3 nitrogen and oxygen atoms in total. The van der Waals surface area contributed by atoms with Crippen LogP contribution in [0.15, 0.2) is 12.1 Å². The van der Waals surface area contributed by atoms with Crippen LogP contribution in [-0.2, 0) is 5.41 Å². The molecular weight excluding hydrogens is 286 g/mol. The highest BCUT2D eigenvalue weighted by Gasteiger charge is 2.27. The summed E-state index contributed by atoms with van der Waals surface area (Å²) in [6, 6.07) is 4.73. The number of hydrogen-bond acceptors (Lipinski definition) is 3. The van der Waals surface area contributed by atoms with E-state index in [2.05, 4.69) is 25.2 Å². The van der Waals surface area contributed by atoms with E-state index in [9.17, 15) is 0 Å². The molecule has 0 atom stereocenters. The Kier molecular flexibility index (Phi) is 4.32. The van der Waals surface area contributed by atoms with E-state index in [4.69, 9.17) is 21.1 Å². The Bertz CT molecular complexity index is 512. The largest absolute Gasteiger partial charge is 0.490 e. The van der Waals surface area contributed by atoms with E-state index in [1.165, 1.54) is 12.8 Å². The molecule has 21 heavy (non-hydrogen) atoms. The van der Waals surface area contributed by atoms with Crippen molar-refractivity contribution < 1.29 is 9.47 Å². The third-order valence-corrected chi connectivity index (χ3v) is 4.64. The van der Waals surface area contributed by atoms with Crippen molar-refractivity contribution >= 4 is 11.6 Å². The van der Waals surface area contributed by atoms with E-state index >= 15 is 0 Å². The van der Waals surface area contributed by atoms with Crippen molar-refractivity contribution in [3.63, 3.8) is 0 Å². The molecule has 1 aliphatic carbocycles. The first-order chi connectivity index (χ1) is 10.1. The number of halogens is 1. The van der Waals surface area contributed by atoms with Crippen molar-refractivity contribution in [2.45, 2.75) is 51.0 Å². The molecule has 1 heterocycles. The van der Waals surface area contributed by atoms with Gasteiger partial charge >= 0.3 is 0 Å². The van der Waals surface area contributed by atoms with E-state index in [1.807, 2.05) is 6.07 Å². The van der Waals surface area contributed by atoms with Gasteiger partial charge in [-0.1, -0.05) is 25.4 Å². The van der Waals surface area contributed by atoms with Crippen LogP contribution >= 0.6 is 11.6 Å². The molecule has 0 spiro atoms. The Morgan fingerprint density at radius 3 is 2.52 bits per heavy atom. The number of hydrogen-bond donors (Lipinski definition) is 1. The van der Waals surface area contributed by atoms with Crippen LogP contribution in [0.5, 0.6) is 11.5 Å². The topological polar surface area (TPSA) is 30.5 Å². The van der Waals surface area contributed by atoms with Gasteiger partial charge in [0.2, 0.25) is 0 Å². The summed E-state index contributed by atoms with van der Waals surface area (Å²) in [5, 5.41) is 4.35. The Morgan fingerprint density at radius 1 is 1.19 bits per heavy atom. The normalized spacial score (nSPS) is 18.4. The van der Waals surface area contributed by atoms with Crippen molar-refractivity contribution in [2.24, 2.45) is 0 Å². The highest BCUT2D eigenvalue weighted by molar-refractivity contribution is 6.31. The first-order valence-electron chi connectivity index (χ1n) is 7.89. The average Bonchev–Trinajstić information content (AvgIpc) is 3.24. The minimum Gasteiger partial charge on any atom is -0.490 e. The Balaban J connectivity index is 1.77. The SMILES string of the molecule is CC(C)(CCNC1CC1)c1cc2c(cc1Cl)OCCCO2. The highest BCUT2D eigenvalue weighted by atomic mass is 35.5. The fourth-order valence-electron chi connectivity index (χ4n) is 2.71. The number of rotatable bonds is 5. The van der Waals surface area contributed by atoms with Crippen molar-refractivity contribution in [1.82, 2.24) is 5.32 Å². The van der Waals surface area contributed by atoms with Gasteiger partial charge in [0.15, 0.2) is 11.5 Å². The van der Waals surface area contributed by atoms with E-state index < -0.39 is 0 Å². The molecule has 0 radical (unpaired) electrons. The molecule has 0 bridgehead atoms. The van der Waals surface area contributed by atoms with Gasteiger partial charge in [0.05, 0.1) is 13.2 Å². The van der Waals surface area contributed by atoms with E-state index in [1.54, 1.807) is 0 Å². The second-order valence-electron chi connectivity index (χ2n) is 6.69. The quantitative estimate of drug-likeness (QED) is 0.894. The van der Waals surface area contributed by atoms with Crippen LogP contribution in [0, 0.1) is 0 Å². The van der Waals surface area contributed by atoms with Gasteiger partial charge in [0, 0.05) is 23.6 Å². The molecule has 1 fully saturated rings. The maximum atomic E-state index is 6.50. The summed E-state index contributed by atoms with van der Waals surface area (Å²) in [5.74, 6) is 1.60. The average molecular weight is 310 g/mol. The summed E-state index contributed by atoms with van der Waals surface area (Å²) in [4.78, 5) is 0. The molecule has 3 rings (SSSR count). The predicted octanol–water partition coefficient (Wildman–Crippen LogP) is 3.92. The lowest BCUT2D eigenvalue weighted by atomic mass is 9.81. The van der Waals surface area contributed by atoms with Crippen molar-refractivity contribution in [3.05, 3.63) is 22.7 Å². The van der Waals surface area contributed by atoms with Crippen LogP contribution in [0.2, 0.25) is 5.02 Å². The highest BCUT2D eigenvalue weighted by Crippen LogP contribution is 2.41. The first kappa shape index (κ1) is 15.0. The second-order valence-corrected chi connectivity index (χ2v) is 7.10. The molecule has 0 saturated heterocycles. The van der Waals surface area contributed by atoms with Gasteiger partial charge in [0.25, 0.3) is 0 Å². The zero-order chi connectivity index (χ0) is 14.9. The van der Waals surface area contributed by atoms with Crippen LogP contribution in [0.1, 0.15) is 45.1 Å². The van der Waals surface area contributed by atoms with Crippen molar-refractivity contribution in [1.29, 1.82) is 0 Å². The van der Waals surface area contributed by atoms with Crippen LogP contribution in [-0.4, -0.2) is 25.8 Å². The van der Waals surface area contributed by atoms with Crippen LogP contribution in [0.25, 0.3) is 0 Å². The van der Waals surface area contributed by atoms with E-state index in [0.717, 1.165) is 47.5 Å². The second kappa shape index (κ2) is 6.05. The number of benzene rings is 1. The number of fused-ring (bicyclic) bond motifs is 1. The monoisotopic (exact) mass is 309 g/mol. The van der Waals surface area contributed by atoms with Crippen LogP contribution < -0.4 is 14.8 Å². The Labute approximate surface area is 132 Å². The van der Waals surface area contributed by atoms with Crippen molar-refractivity contribution in [2.75, 3.05) is 19.8 Å². The third kappa shape index (κ3) is 3.64. The summed E-state index contributed by atoms with van der Waals surface area (Å²) >= 11 is 6.50. The smallest absolute Gasteiger partial charge is 0.162 e. The molecule has 1 aliphatic heterocycles. The van der Waals surface area contributed by atoms with Crippen LogP contribution in [0.4, 0.5) is 0 Å². The van der Waals surface area contributed by atoms with Gasteiger partial charge in [-0.15, -0.1) is 0 Å². The molecule has 0 amide bonds. The molecular formula is C17H24ClNO2. The minimum atomic E-state index is 0.0175. The molecule has 116 valence electrons. The molecule has 4 heteroatoms. The zero-order valence-corrected chi connectivity index (χ0v) is 13.6. The molecule has 0 aromatic heterocycles. The summed E-state index contributed by atoms with van der Waals surface area (Å²) in [6.07, 6.45) is 4.62. The summed E-state index contributed by atoms with van der Waals surface area (Å²) < 4.78 is 11.5. The zero-order valence-electron chi connectivity index (χ0n) is 12.9. The number of nitrogens with one attached hydrogen (secondary N) is 1. The van der Waals surface area contributed by atoms with E-state index in [-0.39, 0.29) is 5.41 Å². The minimum absolute atomic E-state index is 0.0175. The Hall–Kier alpha value is -0.930. The lowest BCUT2D eigenvalue weighted by Crippen LogP contribution is -2.27. The van der Waals surface area contributed by atoms with Gasteiger partial charge in [-0.05, 0) is 42.9 Å². The van der Waals surface area contributed by atoms with Crippen molar-refractivity contribution in [3.8, 4) is 11.5 Å². The third-order valence-electron chi connectivity index (χ3n) is 4.33. The first-order valence-corrected chi connectivity index (χ1v) is 8.27. The van der Waals surface area contributed by atoms with Crippen LogP contribution in [0.3, 0.4) is 0 Å². The maximum absolute atomic E-state index is 6.50. The Morgan fingerprint density at radius 2 is 1.86 bits per heavy atom. The molecule has 1 aromatic carbocycles. The lowest BCUT2D eigenvalue weighted by Gasteiger charge is -2.27. The van der Waals surface area contributed by atoms with Gasteiger partial charge < -0.3 is 14.8 Å². The summed E-state index contributed by atoms with van der Waals surface area (Å²) in [7, 11) is 0. The molecule has 1 saturated carbocycles. The molecule has 1 aromatic rings. The summed E-state index contributed by atoms with van der Waals surface area (Å²) in [5.41, 5.74) is 1.16. The van der Waals surface area contributed by atoms with Gasteiger partial charge in [0.1, 0.15) is 0 Å².